The second-order valence-electron chi connectivity index (χ2n) is 8.21. The van der Waals surface area contributed by atoms with Crippen molar-refractivity contribution in [2.24, 2.45) is 0 Å². The zero-order valence-electron chi connectivity index (χ0n) is 16.9. The van der Waals surface area contributed by atoms with Gasteiger partial charge in [0.05, 0.1) is 0 Å². The van der Waals surface area contributed by atoms with E-state index in [-0.39, 0.29) is 35.2 Å². The van der Waals surface area contributed by atoms with Crippen LogP contribution in [-0.4, -0.2) is 38.4 Å². The van der Waals surface area contributed by atoms with Crippen LogP contribution in [0, 0.1) is 5.82 Å². The van der Waals surface area contributed by atoms with Gasteiger partial charge in [-0.05, 0) is 43.3 Å². The summed E-state index contributed by atoms with van der Waals surface area (Å²) >= 11 is 1.09. The minimum absolute atomic E-state index is 0.0713. The van der Waals surface area contributed by atoms with Gasteiger partial charge in [-0.15, -0.1) is 5.10 Å². The average molecular weight is 431 g/mol. The van der Waals surface area contributed by atoms with Gasteiger partial charge < -0.3 is 10.2 Å². The van der Waals surface area contributed by atoms with E-state index in [1.165, 1.54) is 12.5 Å². The number of halogens is 1. The first-order valence-electron chi connectivity index (χ1n) is 10.8. The standard InChI is InChI=1S/C22H27FN4O2S/c23-18-13-7-6-12-17(18)20(21(28)24-15-8-2-1-3-9-15)27(16-10-4-5-11-16)22(29)19-14-30-26-25-19/h6-7,12-16,20H,1-5,8-11H2,(H,24,28)/t20-/m1/s1. The van der Waals surface area contributed by atoms with Gasteiger partial charge in [0.15, 0.2) is 5.69 Å². The molecule has 2 aliphatic rings. The molecule has 8 heteroatoms. The summed E-state index contributed by atoms with van der Waals surface area (Å²) in [6.45, 7) is 0. The van der Waals surface area contributed by atoms with Gasteiger partial charge in [-0.1, -0.05) is 54.8 Å². The summed E-state index contributed by atoms with van der Waals surface area (Å²) in [5.41, 5.74) is 0.438. The predicted octanol–water partition coefficient (Wildman–Crippen LogP) is 4.25. The van der Waals surface area contributed by atoms with Crippen LogP contribution in [0.25, 0.3) is 0 Å². The Kier molecular flexibility index (Phi) is 6.72. The summed E-state index contributed by atoms with van der Waals surface area (Å²) in [5.74, 6) is -1.15. The Morgan fingerprint density at radius 1 is 1.07 bits per heavy atom. The molecule has 1 heterocycles. The second-order valence-corrected chi connectivity index (χ2v) is 8.82. The zero-order chi connectivity index (χ0) is 20.9. The van der Waals surface area contributed by atoms with Gasteiger partial charge in [0.1, 0.15) is 11.9 Å². The van der Waals surface area contributed by atoms with E-state index in [0.29, 0.717) is 0 Å². The normalized spacial score (nSPS) is 18.8. The first-order valence-corrected chi connectivity index (χ1v) is 11.6. The molecule has 0 saturated heterocycles. The third-order valence-corrected chi connectivity index (χ3v) is 6.71. The van der Waals surface area contributed by atoms with Crippen molar-refractivity contribution in [2.75, 3.05) is 0 Å². The highest BCUT2D eigenvalue weighted by molar-refractivity contribution is 7.03. The van der Waals surface area contributed by atoms with Crippen molar-refractivity contribution in [3.63, 3.8) is 0 Å². The molecule has 2 saturated carbocycles. The number of nitrogens with zero attached hydrogens (tertiary/aromatic N) is 3. The van der Waals surface area contributed by atoms with Crippen molar-refractivity contribution in [1.29, 1.82) is 0 Å². The fraction of sp³-hybridized carbons (Fsp3) is 0.545. The molecule has 0 spiro atoms. The Hall–Kier alpha value is -2.35. The predicted molar refractivity (Wildman–Crippen MR) is 112 cm³/mol. The van der Waals surface area contributed by atoms with Crippen molar-refractivity contribution in [2.45, 2.75) is 75.9 Å². The number of amides is 2. The molecule has 0 unspecified atom stereocenters. The first-order chi connectivity index (χ1) is 14.6. The maximum atomic E-state index is 14.9. The molecule has 4 rings (SSSR count). The number of carbonyl (C=O) groups is 2. The second kappa shape index (κ2) is 9.64. The van der Waals surface area contributed by atoms with E-state index in [4.69, 9.17) is 0 Å². The van der Waals surface area contributed by atoms with Crippen molar-refractivity contribution in [1.82, 2.24) is 19.8 Å². The Balaban J connectivity index is 1.71. The molecule has 1 N–H and O–H groups in total. The molecule has 160 valence electrons. The quantitative estimate of drug-likeness (QED) is 0.743. The molecular weight excluding hydrogens is 403 g/mol. The fourth-order valence-corrected chi connectivity index (χ4v) is 5.14. The van der Waals surface area contributed by atoms with E-state index in [1.54, 1.807) is 28.5 Å². The van der Waals surface area contributed by atoms with Gasteiger partial charge in [-0.2, -0.15) is 0 Å². The SMILES string of the molecule is O=C(NC1CCCCC1)[C@@H](c1ccccc1F)N(C(=O)c1csnn1)C1CCCC1. The lowest BCUT2D eigenvalue weighted by atomic mass is 9.94. The van der Waals surface area contributed by atoms with Crippen LogP contribution < -0.4 is 5.32 Å². The number of carbonyl (C=O) groups excluding carboxylic acids is 2. The van der Waals surface area contributed by atoms with E-state index < -0.39 is 11.9 Å². The summed E-state index contributed by atoms with van der Waals surface area (Å²) < 4.78 is 18.7. The minimum atomic E-state index is -1.02. The molecular formula is C22H27FN4O2S. The molecule has 0 radical (unpaired) electrons. The molecule has 30 heavy (non-hydrogen) atoms. The lowest BCUT2D eigenvalue weighted by Crippen LogP contribution is -2.50. The summed E-state index contributed by atoms with van der Waals surface area (Å²) in [4.78, 5) is 28.5. The third-order valence-electron chi connectivity index (χ3n) is 6.21. The molecule has 0 aliphatic heterocycles. The maximum Gasteiger partial charge on any atom is 0.276 e. The Bertz CT molecular complexity index is 864. The third kappa shape index (κ3) is 4.53. The van der Waals surface area contributed by atoms with E-state index in [1.807, 2.05) is 0 Å². The average Bonchev–Trinajstić information content (AvgIpc) is 3.47. The van der Waals surface area contributed by atoms with Crippen LogP contribution in [0.2, 0.25) is 0 Å². The number of benzene rings is 1. The van der Waals surface area contributed by atoms with Crippen LogP contribution in [0.15, 0.2) is 29.6 Å². The Labute approximate surface area is 180 Å². The van der Waals surface area contributed by atoms with Crippen LogP contribution in [0.3, 0.4) is 0 Å². The largest absolute Gasteiger partial charge is 0.351 e. The van der Waals surface area contributed by atoms with Crippen molar-refractivity contribution in [3.05, 3.63) is 46.7 Å². The number of hydrogen-bond acceptors (Lipinski definition) is 5. The summed E-state index contributed by atoms with van der Waals surface area (Å²) in [6.07, 6.45) is 8.72. The Morgan fingerprint density at radius 3 is 2.43 bits per heavy atom. The van der Waals surface area contributed by atoms with Gasteiger partial charge >= 0.3 is 0 Å². The van der Waals surface area contributed by atoms with E-state index in [2.05, 4.69) is 14.9 Å². The van der Waals surface area contributed by atoms with Crippen LogP contribution >= 0.6 is 11.5 Å². The van der Waals surface area contributed by atoms with E-state index in [0.717, 1.165) is 62.9 Å². The summed E-state index contributed by atoms with van der Waals surface area (Å²) in [5, 5.41) is 8.63. The summed E-state index contributed by atoms with van der Waals surface area (Å²) in [6, 6.07) is 5.18. The van der Waals surface area contributed by atoms with Crippen LogP contribution in [0.4, 0.5) is 4.39 Å². The smallest absolute Gasteiger partial charge is 0.276 e. The highest BCUT2D eigenvalue weighted by atomic mass is 32.1. The molecule has 1 atom stereocenters. The Morgan fingerprint density at radius 2 is 1.77 bits per heavy atom. The number of rotatable bonds is 6. The van der Waals surface area contributed by atoms with Crippen LogP contribution in [0.1, 0.15) is 79.9 Å². The van der Waals surface area contributed by atoms with E-state index >= 15 is 0 Å². The molecule has 2 aromatic rings. The molecule has 6 nitrogen and oxygen atoms in total. The van der Waals surface area contributed by atoms with Crippen LogP contribution in [-0.2, 0) is 4.79 Å². The van der Waals surface area contributed by atoms with E-state index in [9.17, 15) is 14.0 Å². The van der Waals surface area contributed by atoms with Gasteiger partial charge in [-0.3, -0.25) is 9.59 Å². The van der Waals surface area contributed by atoms with Crippen molar-refractivity contribution in [3.8, 4) is 0 Å². The lowest BCUT2D eigenvalue weighted by molar-refractivity contribution is -0.127. The highest BCUT2D eigenvalue weighted by Crippen LogP contribution is 2.34. The highest BCUT2D eigenvalue weighted by Gasteiger charge is 2.40. The van der Waals surface area contributed by atoms with Crippen molar-refractivity contribution < 1.29 is 14.0 Å². The number of aromatic nitrogens is 2. The number of nitrogens with one attached hydrogen (secondary N) is 1. The maximum absolute atomic E-state index is 14.9. The van der Waals surface area contributed by atoms with Crippen molar-refractivity contribution >= 4 is 23.3 Å². The molecule has 2 fully saturated rings. The van der Waals surface area contributed by atoms with Gasteiger partial charge in [0.2, 0.25) is 5.91 Å². The molecule has 2 aliphatic carbocycles. The topological polar surface area (TPSA) is 75.2 Å². The molecule has 1 aromatic heterocycles. The lowest BCUT2D eigenvalue weighted by Gasteiger charge is -2.36. The summed E-state index contributed by atoms with van der Waals surface area (Å²) in [7, 11) is 0. The monoisotopic (exact) mass is 430 g/mol. The fourth-order valence-electron chi connectivity index (χ4n) is 4.71. The zero-order valence-corrected chi connectivity index (χ0v) is 17.7. The molecule has 1 aromatic carbocycles. The minimum Gasteiger partial charge on any atom is -0.351 e. The number of hydrogen-bond donors (Lipinski definition) is 1. The molecule has 0 bridgehead atoms. The molecule has 2 amide bonds. The van der Waals surface area contributed by atoms with Gasteiger partial charge in [0.25, 0.3) is 5.91 Å². The van der Waals surface area contributed by atoms with Gasteiger partial charge in [-0.25, -0.2) is 4.39 Å². The van der Waals surface area contributed by atoms with Crippen LogP contribution in [0.5, 0.6) is 0 Å². The first kappa shape index (κ1) is 20.9. The van der Waals surface area contributed by atoms with Gasteiger partial charge in [0, 0.05) is 23.0 Å².